The summed E-state index contributed by atoms with van der Waals surface area (Å²) in [5.74, 6) is -0.309. The topological polar surface area (TPSA) is 63.6 Å². The van der Waals surface area contributed by atoms with Crippen molar-refractivity contribution in [3.8, 4) is 0 Å². The molecule has 0 aliphatic heterocycles. The number of aliphatic hydroxyl groups excluding tert-OH is 1. The summed E-state index contributed by atoms with van der Waals surface area (Å²) in [4.78, 5) is 0. The molecule has 0 atom stereocenters. The van der Waals surface area contributed by atoms with Gasteiger partial charge in [0.15, 0.2) is 0 Å². The van der Waals surface area contributed by atoms with Crippen molar-refractivity contribution in [2.75, 3.05) is 19.0 Å². The summed E-state index contributed by atoms with van der Waals surface area (Å²) in [6.45, 7) is 1.79. The second kappa shape index (κ2) is 8.47. The molecule has 0 fully saturated rings. The van der Waals surface area contributed by atoms with E-state index in [4.69, 9.17) is 5.11 Å². The van der Waals surface area contributed by atoms with Crippen LogP contribution in [0.1, 0.15) is 19.8 Å². The third-order valence-electron chi connectivity index (χ3n) is 1.10. The van der Waals surface area contributed by atoms with Gasteiger partial charge in [0.05, 0.1) is 19.0 Å². The van der Waals surface area contributed by atoms with E-state index in [2.05, 4.69) is 4.18 Å². The normalized spacial score (nSPS) is 10.8. The average Bonchev–Trinajstić information content (AvgIpc) is 1.87. The molecule has 0 saturated carbocycles. The van der Waals surface area contributed by atoms with Gasteiger partial charge in [0.25, 0.3) is 10.1 Å². The van der Waals surface area contributed by atoms with Crippen molar-refractivity contribution in [2.24, 2.45) is 0 Å². The minimum absolute atomic E-state index is 0. The van der Waals surface area contributed by atoms with Crippen LogP contribution in [0.2, 0.25) is 0 Å². The molecule has 0 amide bonds. The van der Waals surface area contributed by atoms with Gasteiger partial charge in [-0.05, 0) is 6.42 Å². The SMILES string of the molecule is CCCCOS(=O)(=O)CCO.[Na]. The van der Waals surface area contributed by atoms with Crippen LogP contribution in [0.4, 0.5) is 0 Å². The summed E-state index contributed by atoms with van der Waals surface area (Å²) < 4.78 is 26.0. The van der Waals surface area contributed by atoms with Crippen molar-refractivity contribution in [3.05, 3.63) is 0 Å². The molecule has 0 aromatic carbocycles. The summed E-state index contributed by atoms with van der Waals surface area (Å²) in [5.41, 5.74) is 0. The molecule has 0 aromatic heterocycles. The molecule has 0 aliphatic rings. The fourth-order valence-electron chi connectivity index (χ4n) is 0.501. The van der Waals surface area contributed by atoms with E-state index in [1.807, 2.05) is 6.92 Å². The first-order chi connectivity index (χ1) is 5.12. The minimum Gasteiger partial charge on any atom is -0.395 e. The molecule has 4 nitrogen and oxygen atoms in total. The van der Waals surface area contributed by atoms with E-state index in [-0.39, 0.29) is 48.5 Å². The molecule has 1 N–H and O–H groups in total. The monoisotopic (exact) mass is 205 g/mol. The zero-order chi connectivity index (χ0) is 8.74. The Bertz CT molecular complexity index is 178. The molecule has 0 aliphatic carbocycles. The van der Waals surface area contributed by atoms with Gasteiger partial charge in [-0.15, -0.1) is 0 Å². The maximum Gasteiger partial charge on any atom is 0.269 e. The largest absolute Gasteiger partial charge is 0.395 e. The summed E-state index contributed by atoms with van der Waals surface area (Å²) in [6.07, 6.45) is 1.62. The molecule has 0 heterocycles. The molecule has 69 valence electrons. The fourth-order valence-corrected chi connectivity index (χ4v) is 1.21. The zero-order valence-electron chi connectivity index (χ0n) is 7.62. The van der Waals surface area contributed by atoms with Gasteiger partial charge in [-0.2, -0.15) is 8.42 Å². The molecule has 0 rings (SSSR count). The Morgan fingerprint density at radius 3 is 2.42 bits per heavy atom. The first kappa shape index (κ1) is 15.3. The van der Waals surface area contributed by atoms with Gasteiger partial charge in [-0.3, -0.25) is 4.18 Å². The maximum absolute atomic E-state index is 10.7. The molecule has 1 radical (unpaired) electrons. The Morgan fingerprint density at radius 2 is 2.00 bits per heavy atom. The van der Waals surface area contributed by atoms with Gasteiger partial charge in [0.1, 0.15) is 0 Å². The Balaban J connectivity index is 0. The molecule has 0 bridgehead atoms. The molecule has 0 saturated heterocycles. The number of aliphatic hydroxyl groups is 1. The van der Waals surface area contributed by atoms with E-state index < -0.39 is 10.1 Å². The number of hydrogen-bond acceptors (Lipinski definition) is 4. The first-order valence-corrected chi connectivity index (χ1v) is 5.18. The predicted octanol–water partition coefficient (Wildman–Crippen LogP) is -0.256. The van der Waals surface area contributed by atoms with Crippen LogP contribution in [0.5, 0.6) is 0 Å². The third-order valence-corrected chi connectivity index (χ3v) is 2.31. The molecule has 12 heavy (non-hydrogen) atoms. The van der Waals surface area contributed by atoms with Crippen LogP contribution in [0.3, 0.4) is 0 Å². The standard InChI is InChI=1S/C6H14O4S.Na/c1-2-3-5-10-11(8,9)6-4-7;/h7H,2-6H2,1H3;. The molecule has 0 spiro atoms. The molecular weight excluding hydrogens is 191 g/mol. The Hall–Kier alpha value is 0.870. The molecule has 0 aromatic rings. The number of hydrogen-bond donors (Lipinski definition) is 1. The van der Waals surface area contributed by atoms with E-state index >= 15 is 0 Å². The summed E-state index contributed by atoms with van der Waals surface area (Å²) in [6, 6.07) is 0. The Kier molecular flexibility index (Phi) is 10.8. The van der Waals surface area contributed by atoms with Crippen molar-refractivity contribution in [2.45, 2.75) is 19.8 Å². The zero-order valence-corrected chi connectivity index (χ0v) is 10.4. The van der Waals surface area contributed by atoms with Crippen LogP contribution in [-0.2, 0) is 14.3 Å². The van der Waals surface area contributed by atoms with E-state index in [1.54, 1.807) is 0 Å². The van der Waals surface area contributed by atoms with Crippen LogP contribution < -0.4 is 0 Å². The summed E-state index contributed by atoms with van der Waals surface area (Å²) in [5, 5.41) is 8.30. The fraction of sp³-hybridized carbons (Fsp3) is 1.00. The predicted molar refractivity (Wildman–Crippen MR) is 47.5 cm³/mol. The second-order valence-corrected chi connectivity index (χ2v) is 3.92. The molecule has 0 unspecified atom stereocenters. The van der Waals surface area contributed by atoms with Crippen molar-refractivity contribution >= 4 is 39.7 Å². The van der Waals surface area contributed by atoms with Crippen LogP contribution in [0, 0.1) is 0 Å². The Morgan fingerprint density at radius 1 is 1.42 bits per heavy atom. The maximum atomic E-state index is 10.7. The number of unbranched alkanes of at least 4 members (excludes halogenated alkanes) is 1. The van der Waals surface area contributed by atoms with Crippen molar-refractivity contribution in [1.82, 2.24) is 0 Å². The van der Waals surface area contributed by atoms with E-state index in [1.165, 1.54) is 0 Å². The quantitative estimate of drug-likeness (QED) is 0.369. The van der Waals surface area contributed by atoms with Crippen molar-refractivity contribution in [3.63, 3.8) is 0 Å². The van der Waals surface area contributed by atoms with E-state index in [0.29, 0.717) is 0 Å². The van der Waals surface area contributed by atoms with Gasteiger partial charge in [0, 0.05) is 29.6 Å². The minimum atomic E-state index is -3.45. The van der Waals surface area contributed by atoms with Crippen LogP contribution in [0.25, 0.3) is 0 Å². The second-order valence-electron chi connectivity index (χ2n) is 2.16. The molecular formula is C6H14NaO4S. The average molecular weight is 205 g/mol. The van der Waals surface area contributed by atoms with Crippen LogP contribution in [0.15, 0.2) is 0 Å². The third kappa shape index (κ3) is 8.96. The van der Waals surface area contributed by atoms with E-state index in [9.17, 15) is 8.42 Å². The smallest absolute Gasteiger partial charge is 0.269 e. The van der Waals surface area contributed by atoms with Crippen LogP contribution in [-0.4, -0.2) is 62.0 Å². The van der Waals surface area contributed by atoms with Gasteiger partial charge in [-0.1, -0.05) is 13.3 Å². The number of rotatable bonds is 6. The van der Waals surface area contributed by atoms with Crippen LogP contribution >= 0.6 is 0 Å². The van der Waals surface area contributed by atoms with Gasteiger partial charge in [0.2, 0.25) is 0 Å². The van der Waals surface area contributed by atoms with E-state index in [0.717, 1.165) is 12.8 Å². The van der Waals surface area contributed by atoms with Crippen molar-refractivity contribution in [1.29, 1.82) is 0 Å². The van der Waals surface area contributed by atoms with Gasteiger partial charge >= 0.3 is 0 Å². The molecule has 6 heteroatoms. The summed E-state index contributed by atoms with van der Waals surface area (Å²) >= 11 is 0. The van der Waals surface area contributed by atoms with Gasteiger partial charge < -0.3 is 5.11 Å². The van der Waals surface area contributed by atoms with Crippen molar-refractivity contribution < 1.29 is 17.7 Å². The van der Waals surface area contributed by atoms with Gasteiger partial charge in [-0.25, -0.2) is 0 Å². The first-order valence-electron chi connectivity index (χ1n) is 3.60. The summed E-state index contributed by atoms with van der Waals surface area (Å²) in [7, 11) is -3.45. The Labute approximate surface area is 95.7 Å².